The van der Waals surface area contributed by atoms with Gasteiger partial charge in [-0.15, -0.1) is 10.2 Å². The monoisotopic (exact) mass is 440 g/mol. The molecule has 1 amide bonds. The van der Waals surface area contributed by atoms with E-state index in [1.165, 1.54) is 11.1 Å². The molecule has 0 spiro atoms. The van der Waals surface area contributed by atoms with E-state index in [2.05, 4.69) is 51.6 Å². The Morgan fingerprint density at radius 2 is 1.58 bits per heavy atom. The first-order valence-corrected chi connectivity index (χ1v) is 10.9. The van der Waals surface area contributed by atoms with Crippen LogP contribution < -0.4 is 5.32 Å². The zero-order valence-electron chi connectivity index (χ0n) is 19.4. The number of hydrogen-bond acceptors (Lipinski definition) is 5. The molecule has 0 bridgehead atoms. The first-order chi connectivity index (χ1) is 15.9. The van der Waals surface area contributed by atoms with Crippen molar-refractivity contribution < 1.29 is 9.21 Å². The summed E-state index contributed by atoms with van der Waals surface area (Å²) >= 11 is 0. The van der Waals surface area contributed by atoms with Gasteiger partial charge in [-0.2, -0.15) is 0 Å². The number of carbonyl (C=O) groups excluding carboxylic acids is 1. The highest BCUT2D eigenvalue weighted by Crippen LogP contribution is 2.26. The number of amides is 1. The average molecular weight is 441 g/mol. The van der Waals surface area contributed by atoms with Crippen molar-refractivity contribution in [1.29, 1.82) is 0 Å². The topological polar surface area (TPSA) is 71.3 Å². The van der Waals surface area contributed by atoms with Gasteiger partial charge in [0, 0.05) is 23.2 Å². The van der Waals surface area contributed by atoms with Crippen molar-refractivity contribution in [2.24, 2.45) is 0 Å². The maximum absolute atomic E-state index is 12.8. The minimum atomic E-state index is -0.119. The third-order valence-electron chi connectivity index (χ3n) is 5.74. The van der Waals surface area contributed by atoms with E-state index in [1.807, 2.05) is 57.4 Å². The number of rotatable bonds is 7. The van der Waals surface area contributed by atoms with Crippen LogP contribution in [0, 0.1) is 13.8 Å². The van der Waals surface area contributed by atoms with E-state index in [0.29, 0.717) is 23.9 Å². The quantitative estimate of drug-likeness (QED) is 0.435. The molecule has 6 heteroatoms. The van der Waals surface area contributed by atoms with Crippen LogP contribution in [0.4, 0.5) is 0 Å². The summed E-state index contributed by atoms with van der Waals surface area (Å²) in [7, 11) is 4.03. The Kier molecular flexibility index (Phi) is 6.66. The molecule has 168 valence electrons. The summed E-state index contributed by atoms with van der Waals surface area (Å²) in [4.78, 5) is 14.9. The van der Waals surface area contributed by atoms with Crippen molar-refractivity contribution in [3.05, 3.63) is 95.1 Å². The largest absolute Gasteiger partial charge is 0.416 e. The Morgan fingerprint density at radius 3 is 2.24 bits per heavy atom. The van der Waals surface area contributed by atoms with Crippen molar-refractivity contribution in [2.75, 3.05) is 20.6 Å². The van der Waals surface area contributed by atoms with Crippen LogP contribution in [0.3, 0.4) is 0 Å². The van der Waals surface area contributed by atoms with Gasteiger partial charge in [-0.25, -0.2) is 0 Å². The van der Waals surface area contributed by atoms with Crippen LogP contribution in [-0.2, 0) is 0 Å². The standard InChI is InChI=1S/C27H28N4O2/c1-18-9-11-20(12-10-18)24(31(3)4)17-28-25(32)21-13-15-22(16-14-21)26-29-30-27(33-26)23-8-6-5-7-19(23)2/h5-16,24H,17H2,1-4H3,(H,28,32). The zero-order valence-corrected chi connectivity index (χ0v) is 19.4. The lowest BCUT2D eigenvalue weighted by Gasteiger charge is -2.25. The summed E-state index contributed by atoms with van der Waals surface area (Å²) in [6.07, 6.45) is 0. The number of aromatic nitrogens is 2. The molecule has 4 aromatic rings. The molecule has 4 rings (SSSR count). The molecule has 0 saturated heterocycles. The predicted octanol–water partition coefficient (Wildman–Crippen LogP) is 5.05. The van der Waals surface area contributed by atoms with Gasteiger partial charge < -0.3 is 14.6 Å². The first kappa shape index (κ1) is 22.4. The van der Waals surface area contributed by atoms with Crippen LogP contribution in [0.5, 0.6) is 0 Å². The van der Waals surface area contributed by atoms with Gasteiger partial charge in [0.05, 0.1) is 6.04 Å². The van der Waals surface area contributed by atoms with Gasteiger partial charge in [-0.3, -0.25) is 4.79 Å². The minimum absolute atomic E-state index is 0.0899. The molecule has 0 fully saturated rings. The van der Waals surface area contributed by atoms with E-state index in [4.69, 9.17) is 4.42 Å². The van der Waals surface area contributed by atoms with Gasteiger partial charge in [0.25, 0.3) is 5.91 Å². The zero-order chi connectivity index (χ0) is 23.4. The molecule has 0 saturated carbocycles. The van der Waals surface area contributed by atoms with Gasteiger partial charge in [-0.1, -0.05) is 48.0 Å². The Bertz CT molecular complexity index is 1230. The van der Waals surface area contributed by atoms with E-state index in [9.17, 15) is 4.79 Å². The number of nitrogens with zero attached hydrogens (tertiary/aromatic N) is 3. The number of carbonyl (C=O) groups is 1. The molecular formula is C27H28N4O2. The van der Waals surface area contributed by atoms with Crippen LogP contribution in [0.2, 0.25) is 0 Å². The predicted molar refractivity (Wildman–Crippen MR) is 130 cm³/mol. The van der Waals surface area contributed by atoms with Crippen molar-refractivity contribution in [1.82, 2.24) is 20.4 Å². The highest BCUT2D eigenvalue weighted by Gasteiger charge is 2.17. The van der Waals surface area contributed by atoms with Crippen molar-refractivity contribution in [3.8, 4) is 22.9 Å². The molecule has 6 nitrogen and oxygen atoms in total. The van der Waals surface area contributed by atoms with E-state index in [0.717, 1.165) is 16.7 Å². The van der Waals surface area contributed by atoms with Gasteiger partial charge >= 0.3 is 0 Å². The van der Waals surface area contributed by atoms with Crippen LogP contribution in [0.15, 0.2) is 77.2 Å². The van der Waals surface area contributed by atoms with Crippen LogP contribution in [-0.4, -0.2) is 41.6 Å². The molecule has 0 aliphatic heterocycles. The number of hydrogen-bond donors (Lipinski definition) is 1. The Labute approximate surface area is 194 Å². The second kappa shape index (κ2) is 9.79. The second-order valence-corrected chi connectivity index (χ2v) is 8.40. The summed E-state index contributed by atoms with van der Waals surface area (Å²) in [5.74, 6) is 0.787. The highest BCUT2D eigenvalue weighted by atomic mass is 16.4. The molecule has 1 aromatic heterocycles. The fourth-order valence-electron chi connectivity index (χ4n) is 3.70. The fourth-order valence-corrected chi connectivity index (χ4v) is 3.70. The third kappa shape index (κ3) is 5.18. The lowest BCUT2D eigenvalue weighted by Crippen LogP contribution is -2.34. The van der Waals surface area contributed by atoms with E-state index in [-0.39, 0.29) is 11.9 Å². The Morgan fingerprint density at radius 1 is 0.909 bits per heavy atom. The fraction of sp³-hybridized carbons (Fsp3) is 0.222. The minimum Gasteiger partial charge on any atom is -0.416 e. The van der Waals surface area contributed by atoms with Gasteiger partial charge in [-0.05, 0) is 69.4 Å². The van der Waals surface area contributed by atoms with E-state index >= 15 is 0 Å². The second-order valence-electron chi connectivity index (χ2n) is 8.40. The van der Waals surface area contributed by atoms with Crippen molar-refractivity contribution in [2.45, 2.75) is 19.9 Å². The molecule has 1 atom stereocenters. The maximum Gasteiger partial charge on any atom is 0.251 e. The summed E-state index contributed by atoms with van der Waals surface area (Å²) in [6.45, 7) is 4.59. The number of nitrogens with one attached hydrogen (secondary N) is 1. The van der Waals surface area contributed by atoms with E-state index < -0.39 is 0 Å². The molecule has 33 heavy (non-hydrogen) atoms. The highest BCUT2D eigenvalue weighted by molar-refractivity contribution is 5.94. The molecule has 1 heterocycles. The maximum atomic E-state index is 12.8. The van der Waals surface area contributed by atoms with Crippen molar-refractivity contribution in [3.63, 3.8) is 0 Å². The van der Waals surface area contributed by atoms with Gasteiger partial charge in [0.1, 0.15) is 0 Å². The average Bonchev–Trinajstić information content (AvgIpc) is 3.30. The van der Waals surface area contributed by atoms with Gasteiger partial charge in [0.15, 0.2) is 0 Å². The normalized spacial score (nSPS) is 12.0. The Hall–Kier alpha value is -3.77. The molecular weight excluding hydrogens is 412 g/mol. The molecule has 0 aliphatic carbocycles. The number of aryl methyl sites for hydroxylation is 2. The lowest BCUT2D eigenvalue weighted by molar-refractivity contribution is 0.0942. The molecule has 0 radical (unpaired) electrons. The van der Waals surface area contributed by atoms with E-state index in [1.54, 1.807) is 12.1 Å². The number of likely N-dealkylation sites (N-methyl/N-ethyl adjacent to an activating group) is 1. The lowest BCUT2D eigenvalue weighted by atomic mass is 10.0. The third-order valence-corrected chi connectivity index (χ3v) is 5.74. The molecule has 1 unspecified atom stereocenters. The van der Waals surface area contributed by atoms with Crippen molar-refractivity contribution >= 4 is 5.91 Å². The smallest absolute Gasteiger partial charge is 0.251 e. The summed E-state index contributed by atoms with van der Waals surface area (Å²) in [5, 5.41) is 11.4. The van der Waals surface area contributed by atoms with Crippen LogP contribution in [0.25, 0.3) is 22.9 Å². The molecule has 3 aromatic carbocycles. The summed E-state index contributed by atoms with van der Waals surface area (Å²) < 4.78 is 5.87. The van der Waals surface area contributed by atoms with Gasteiger partial charge in [0.2, 0.25) is 11.8 Å². The summed E-state index contributed by atoms with van der Waals surface area (Å²) in [5.41, 5.74) is 5.72. The summed E-state index contributed by atoms with van der Waals surface area (Å²) in [6, 6.07) is 23.6. The molecule has 0 aliphatic rings. The number of benzene rings is 3. The Balaban J connectivity index is 1.43. The first-order valence-electron chi connectivity index (χ1n) is 10.9. The SMILES string of the molecule is Cc1ccc(C(CNC(=O)c2ccc(-c3nnc(-c4ccccc4C)o3)cc2)N(C)C)cc1. The molecule has 1 N–H and O–H groups in total. The van der Waals surface area contributed by atoms with Crippen LogP contribution >= 0.6 is 0 Å². The van der Waals surface area contributed by atoms with Crippen LogP contribution in [0.1, 0.15) is 33.1 Å².